The van der Waals surface area contributed by atoms with Crippen LogP contribution in [0.4, 0.5) is 0 Å². The van der Waals surface area contributed by atoms with Gasteiger partial charge in [-0.15, -0.1) is 10.2 Å². The van der Waals surface area contributed by atoms with Crippen molar-refractivity contribution < 1.29 is 9.21 Å². The molecule has 16 heavy (non-hydrogen) atoms. The van der Waals surface area contributed by atoms with Crippen LogP contribution in [0.25, 0.3) is 0 Å². The molecular weight excluding hydrogens is 208 g/mol. The number of amides is 1. The Morgan fingerprint density at radius 1 is 1.44 bits per heavy atom. The summed E-state index contributed by atoms with van der Waals surface area (Å²) in [7, 11) is 1.63. The Balaban J connectivity index is 2.38. The molecule has 0 fully saturated rings. The molecule has 6 heteroatoms. The summed E-state index contributed by atoms with van der Waals surface area (Å²) in [5.41, 5.74) is -0.455. The van der Waals surface area contributed by atoms with Gasteiger partial charge in [0, 0.05) is 20.5 Å². The highest BCUT2D eigenvalue weighted by Gasteiger charge is 2.25. The molecule has 0 radical (unpaired) electrons. The van der Waals surface area contributed by atoms with Crippen LogP contribution in [0, 0.1) is 12.3 Å². The monoisotopic (exact) mass is 226 g/mol. The van der Waals surface area contributed by atoms with E-state index in [1.165, 1.54) is 0 Å². The Kier molecular flexibility index (Phi) is 4.00. The van der Waals surface area contributed by atoms with E-state index in [0.29, 0.717) is 24.9 Å². The molecule has 1 amide bonds. The van der Waals surface area contributed by atoms with Gasteiger partial charge < -0.3 is 15.1 Å². The minimum Gasteiger partial charge on any atom is -0.424 e. The molecule has 0 atom stereocenters. The normalized spacial score (nSPS) is 11.5. The zero-order valence-electron chi connectivity index (χ0n) is 10.1. The second kappa shape index (κ2) is 5.07. The number of nitrogens with one attached hydrogen (secondary N) is 2. The average molecular weight is 226 g/mol. The predicted octanol–water partition coefficient (Wildman–Crippen LogP) is 0.240. The van der Waals surface area contributed by atoms with Crippen molar-refractivity contribution in [3.05, 3.63) is 11.8 Å². The second-order valence-corrected chi connectivity index (χ2v) is 4.28. The molecule has 0 aromatic carbocycles. The molecule has 0 spiro atoms. The molecule has 0 bridgehead atoms. The molecule has 0 aliphatic carbocycles. The Hall–Kier alpha value is -1.43. The zero-order chi connectivity index (χ0) is 12.2. The minimum absolute atomic E-state index is 0.00158. The van der Waals surface area contributed by atoms with Crippen molar-refractivity contribution in [2.45, 2.75) is 27.3 Å². The average Bonchev–Trinajstić information content (AvgIpc) is 2.62. The van der Waals surface area contributed by atoms with Crippen LogP contribution in [0.2, 0.25) is 0 Å². The highest BCUT2D eigenvalue weighted by atomic mass is 16.4. The third kappa shape index (κ3) is 3.30. The summed E-state index contributed by atoms with van der Waals surface area (Å²) in [6.07, 6.45) is 0. The maximum Gasteiger partial charge on any atom is 0.230 e. The van der Waals surface area contributed by atoms with Gasteiger partial charge in [0.1, 0.15) is 0 Å². The van der Waals surface area contributed by atoms with E-state index in [0.717, 1.165) is 0 Å². The lowest BCUT2D eigenvalue weighted by molar-refractivity contribution is -0.128. The highest BCUT2D eigenvalue weighted by Crippen LogP contribution is 2.13. The van der Waals surface area contributed by atoms with Gasteiger partial charge in [-0.25, -0.2) is 0 Å². The van der Waals surface area contributed by atoms with Crippen LogP contribution < -0.4 is 10.6 Å². The van der Waals surface area contributed by atoms with Crippen molar-refractivity contribution in [3.63, 3.8) is 0 Å². The molecule has 2 N–H and O–H groups in total. The number of carbonyl (C=O) groups excluding carboxylic acids is 1. The molecule has 0 saturated carbocycles. The first-order valence-corrected chi connectivity index (χ1v) is 5.17. The van der Waals surface area contributed by atoms with Crippen molar-refractivity contribution in [1.82, 2.24) is 20.8 Å². The van der Waals surface area contributed by atoms with Gasteiger partial charge in [0.05, 0.1) is 12.0 Å². The summed E-state index contributed by atoms with van der Waals surface area (Å²) in [4.78, 5) is 11.5. The lowest BCUT2D eigenvalue weighted by Crippen LogP contribution is -2.41. The third-order valence-electron chi connectivity index (χ3n) is 2.25. The Morgan fingerprint density at radius 3 is 2.62 bits per heavy atom. The molecule has 0 saturated heterocycles. The van der Waals surface area contributed by atoms with Gasteiger partial charge in [0.15, 0.2) is 0 Å². The summed E-state index contributed by atoms with van der Waals surface area (Å²) >= 11 is 0. The standard InChI is InChI=1S/C10H18N4O2/c1-7-13-14-8(16-7)5-12-6-10(2,3)9(15)11-4/h12H,5-6H2,1-4H3,(H,11,15). The van der Waals surface area contributed by atoms with E-state index < -0.39 is 5.41 Å². The van der Waals surface area contributed by atoms with Crippen LogP contribution in [0.15, 0.2) is 4.42 Å². The molecule has 1 aromatic heterocycles. The first kappa shape index (κ1) is 12.6. The molecule has 0 aliphatic heterocycles. The van der Waals surface area contributed by atoms with E-state index in [-0.39, 0.29) is 5.91 Å². The molecule has 1 aromatic rings. The van der Waals surface area contributed by atoms with Crippen molar-refractivity contribution in [1.29, 1.82) is 0 Å². The van der Waals surface area contributed by atoms with Gasteiger partial charge in [-0.05, 0) is 13.8 Å². The third-order valence-corrected chi connectivity index (χ3v) is 2.25. The van der Waals surface area contributed by atoms with Gasteiger partial charge >= 0.3 is 0 Å². The maximum atomic E-state index is 11.5. The Morgan fingerprint density at radius 2 is 2.12 bits per heavy atom. The number of aromatic nitrogens is 2. The van der Waals surface area contributed by atoms with Crippen LogP contribution in [0.1, 0.15) is 25.6 Å². The number of nitrogens with zero attached hydrogens (tertiary/aromatic N) is 2. The minimum atomic E-state index is -0.455. The predicted molar refractivity (Wildman–Crippen MR) is 58.6 cm³/mol. The fourth-order valence-corrected chi connectivity index (χ4v) is 1.31. The zero-order valence-corrected chi connectivity index (χ0v) is 10.1. The molecule has 0 unspecified atom stereocenters. The lowest BCUT2D eigenvalue weighted by atomic mass is 9.92. The number of carbonyl (C=O) groups is 1. The quantitative estimate of drug-likeness (QED) is 0.751. The summed E-state index contributed by atoms with van der Waals surface area (Å²) < 4.78 is 5.20. The number of hydrogen-bond acceptors (Lipinski definition) is 5. The lowest BCUT2D eigenvalue weighted by Gasteiger charge is -2.22. The van der Waals surface area contributed by atoms with E-state index in [1.54, 1.807) is 14.0 Å². The van der Waals surface area contributed by atoms with Crippen molar-refractivity contribution in [2.24, 2.45) is 5.41 Å². The summed E-state index contributed by atoms with van der Waals surface area (Å²) in [6.45, 7) is 6.51. The molecule has 1 heterocycles. The molecule has 90 valence electrons. The fraction of sp³-hybridized carbons (Fsp3) is 0.700. The van der Waals surface area contributed by atoms with Crippen LogP contribution in [-0.4, -0.2) is 29.7 Å². The fourth-order valence-electron chi connectivity index (χ4n) is 1.31. The summed E-state index contributed by atoms with van der Waals surface area (Å²) in [5, 5.41) is 13.3. The maximum absolute atomic E-state index is 11.5. The molecule has 0 aliphatic rings. The topological polar surface area (TPSA) is 80.0 Å². The van der Waals surface area contributed by atoms with Gasteiger partial charge in [-0.1, -0.05) is 0 Å². The number of hydrogen-bond donors (Lipinski definition) is 2. The first-order chi connectivity index (χ1) is 7.45. The van der Waals surface area contributed by atoms with Gasteiger partial charge in [-0.2, -0.15) is 0 Å². The highest BCUT2D eigenvalue weighted by molar-refractivity contribution is 5.81. The molecule has 1 rings (SSSR count). The molecular formula is C10H18N4O2. The van der Waals surface area contributed by atoms with E-state index in [1.807, 2.05) is 13.8 Å². The summed E-state index contributed by atoms with van der Waals surface area (Å²) in [6, 6.07) is 0. The van der Waals surface area contributed by atoms with E-state index in [4.69, 9.17) is 4.42 Å². The van der Waals surface area contributed by atoms with Crippen LogP contribution >= 0.6 is 0 Å². The van der Waals surface area contributed by atoms with E-state index >= 15 is 0 Å². The SMILES string of the molecule is CNC(=O)C(C)(C)CNCc1nnc(C)o1. The number of rotatable bonds is 5. The van der Waals surface area contributed by atoms with E-state index in [9.17, 15) is 4.79 Å². The van der Waals surface area contributed by atoms with E-state index in [2.05, 4.69) is 20.8 Å². The van der Waals surface area contributed by atoms with Crippen molar-refractivity contribution in [2.75, 3.05) is 13.6 Å². The smallest absolute Gasteiger partial charge is 0.230 e. The van der Waals surface area contributed by atoms with Gasteiger partial charge in [-0.3, -0.25) is 4.79 Å². The van der Waals surface area contributed by atoms with Crippen molar-refractivity contribution >= 4 is 5.91 Å². The van der Waals surface area contributed by atoms with Crippen molar-refractivity contribution in [3.8, 4) is 0 Å². The second-order valence-electron chi connectivity index (χ2n) is 4.28. The number of aryl methyl sites for hydroxylation is 1. The Labute approximate surface area is 94.8 Å². The van der Waals surface area contributed by atoms with Crippen LogP contribution in [0.3, 0.4) is 0 Å². The van der Waals surface area contributed by atoms with Crippen LogP contribution in [-0.2, 0) is 11.3 Å². The summed E-state index contributed by atoms with van der Waals surface area (Å²) in [5.74, 6) is 1.08. The molecule has 6 nitrogen and oxygen atoms in total. The van der Waals surface area contributed by atoms with Gasteiger partial charge in [0.2, 0.25) is 17.7 Å². The van der Waals surface area contributed by atoms with Gasteiger partial charge in [0.25, 0.3) is 0 Å². The Bertz CT molecular complexity index is 359. The largest absolute Gasteiger partial charge is 0.424 e. The van der Waals surface area contributed by atoms with Crippen LogP contribution in [0.5, 0.6) is 0 Å². The first-order valence-electron chi connectivity index (χ1n) is 5.17.